The Balaban J connectivity index is 0.00000144. The van der Waals surface area contributed by atoms with Crippen molar-refractivity contribution in [2.24, 2.45) is 0 Å². The van der Waals surface area contributed by atoms with E-state index in [4.69, 9.17) is 0 Å². The van der Waals surface area contributed by atoms with E-state index in [9.17, 15) is 8.42 Å². The first kappa shape index (κ1) is 12.9. The van der Waals surface area contributed by atoms with Gasteiger partial charge in [0.25, 0.3) is 0 Å². The maximum absolute atomic E-state index is 11.1. The van der Waals surface area contributed by atoms with Crippen LogP contribution in [0.3, 0.4) is 0 Å². The van der Waals surface area contributed by atoms with E-state index in [1.54, 1.807) is 0 Å². The number of rotatable bonds is 0. The predicted octanol–water partition coefficient (Wildman–Crippen LogP) is 1.15. The molecule has 1 saturated heterocycles. The Morgan fingerprint density at radius 3 is 1.77 bits per heavy atom. The first-order valence-electron chi connectivity index (χ1n) is 4.27. The molecule has 4 heteroatoms. The highest BCUT2D eigenvalue weighted by molar-refractivity contribution is 7.91. The minimum Gasteiger partial charge on any atom is -0.296 e. The Morgan fingerprint density at radius 1 is 1.08 bits per heavy atom. The minimum absolute atomic E-state index is 0. The zero-order chi connectivity index (χ0) is 9.41. The SMILES string of the molecule is C.CC(C)(C)N1CCS(=O)(=O)CC1. The molecule has 0 aliphatic carbocycles. The summed E-state index contributed by atoms with van der Waals surface area (Å²) in [4.78, 5) is 2.22. The average molecular weight is 207 g/mol. The van der Waals surface area contributed by atoms with E-state index in [0.29, 0.717) is 24.6 Å². The van der Waals surface area contributed by atoms with Crippen molar-refractivity contribution < 1.29 is 8.42 Å². The fourth-order valence-electron chi connectivity index (χ4n) is 1.38. The van der Waals surface area contributed by atoms with E-state index >= 15 is 0 Å². The van der Waals surface area contributed by atoms with Crippen LogP contribution < -0.4 is 0 Å². The van der Waals surface area contributed by atoms with Crippen molar-refractivity contribution in [3.63, 3.8) is 0 Å². The number of sulfone groups is 1. The lowest BCUT2D eigenvalue weighted by molar-refractivity contribution is 0.150. The fraction of sp³-hybridized carbons (Fsp3) is 1.00. The van der Waals surface area contributed by atoms with Gasteiger partial charge >= 0.3 is 0 Å². The summed E-state index contributed by atoms with van der Waals surface area (Å²) in [6, 6.07) is 0. The molecule has 1 aliphatic heterocycles. The lowest BCUT2D eigenvalue weighted by atomic mass is 10.1. The van der Waals surface area contributed by atoms with Gasteiger partial charge in [-0.15, -0.1) is 0 Å². The van der Waals surface area contributed by atoms with E-state index in [1.165, 1.54) is 0 Å². The van der Waals surface area contributed by atoms with Crippen LogP contribution in [0.4, 0.5) is 0 Å². The van der Waals surface area contributed by atoms with Crippen molar-refractivity contribution in [1.82, 2.24) is 4.90 Å². The van der Waals surface area contributed by atoms with E-state index in [1.807, 2.05) is 0 Å². The van der Waals surface area contributed by atoms with Gasteiger partial charge in [-0.2, -0.15) is 0 Å². The summed E-state index contributed by atoms with van der Waals surface area (Å²) in [5.41, 5.74) is 0.107. The quantitative estimate of drug-likeness (QED) is 0.598. The van der Waals surface area contributed by atoms with Crippen molar-refractivity contribution in [2.45, 2.75) is 33.7 Å². The van der Waals surface area contributed by atoms with Crippen molar-refractivity contribution in [3.8, 4) is 0 Å². The molecule has 0 radical (unpaired) electrons. The van der Waals surface area contributed by atoms with Crippen LogP contribution in [0.2, 0.25) is 0 Å². The molecule has 0 amide bonds. The second kappa shape index (κ2) is 3.96. The highest BCUT2D eigenvalue weighted by atomic mass is 32.2. The van der Waals surface area contributed by atoms with Gasteiger partial charge in [0.15, 0.2) is 9.84 Å². The first-order valence-corrected chi connectivity index (χ1v) is 6.09. The average Bonchev–Trinajstić information content (AvgIpc) is 1.83. The van der Waals surface area contributed by atoms with Gasteiger partial charge in [-0.1, -0.05) is 7.43 Å². The number of hydrogen-bond acceptors (Lipinski definition) is 3. The maximum atomic E-state index is 11.1. The van der Waals surface area contributed by atoms with Crippen LogP contribution >= 0.6 is 0 Å². The monoisotopic (exact) mass is 207 g/mol. The lowest BCUT2D eigenvalue weighted by Crippen LogP contribution is -2.49. The van der Waals surface area contributed by atoms with Crippen LogP contribution in [0.15, 0.2) is 0 Å². The van der Waals surface area contributed by atoms with E-state index in [0.717, 1.165) is 0 Å². The van der Waals surface area contributed by atoms with Crippen LogP contribution in [0.25, 0.3) is 0 Å². The molecular weight excluding hydrogens is 186 g/mol. The van der Waals surface area contributed by atoms with Gasteiger partial charge in [-0.3, -0.25) is 4.90 Å². The minimum atomic E-state index is -2.72. The van der Waals surface area contributed by atoms with Gasteiger partial charge < -0.3 is 0 Å². The number of nitrogens with zero attached hydrogens (tertiary/aromatic N) is 1. The molecule has 1 rings (SSSR count). The van der Waals surface area contributed by atoms with Crippen molar-refractivity contribution in [2.75, 3.05) is 24.6 Å². The number of hydrogen-bond donors (Lipinski definition) is 0. The van der Waals surface area contributed by atoms with Gasteiger partial charge in [0.05, 0.1) is 11.5 Å². The summed E-state index contributed by atoms with van der Waals surface area (Å²) in [6.07, 6.45) is 0. The van der Waals surface area contributed by atoms with Crippen LogP contribution in [-0.2, 0) is 9.84 Å². The summed E-state index contributed by atoms with van der Waals surface area (Å²) < 4.78 is 22.2. The van der Waals surface area contributed by atoms with Crippen molar-refractivity contribution >= 4 is 9.84 Å². The maximum Gasteiger partial charge on any atom is 0.152 e. The van der Waals surface area contributed by atoms with Crippen LogP contribution in [0.1, 0.15) is 28.2 Å². The molecular formula is C9H21NO2S. The molecule has 0 aromatic rings. The van der Waals surface area contributed by atoms with Gasteiger partial charge in [-0.25, -0.2) is 8.42 Å². The van der Waals surface area contributed by atoms with Crippen LogP contribution in [-0.4, -0.2) is 43.5 Å². The molecule has 3 nitrogen and oxygen atoms in total. The Hall–Kier alpha value is -0.0900. The Labute approximate surface area is 82.0 Å². The molecule has 0 bridgehead atoms. The molecule has 0 saturated carbocycles. The third-order valence-corrected chi connectivity index (χ3v) is 3.90. The van der Waals surface area contributed by atoms with E-state index in [2.05, 4.69) is 25.7 Å². The zero-order valence-electron chi connectivity index (χ0n) is 8.00. The molecule has 0 spiro atoms. The Kier molecular flexibility index (Phi) is 3.94. The van der Waals surface area contributed by atoms with Gasteiger partial charge in [0.2, 0.25) is 0 Å². The van der Waals surface area contributed by atoms with E-state index < -0.39 is 9.84 Å². The first-order chi connectivity index (χ1) is 5.31. The zero-order valence-corrected chi connectivity index (χ0v) is 8.82. The Bertz CT molecular complexity index is 237. The highest BCUT2D eigenvalue weighted by Crippen LogP contribution is 2.16. The second-order valence-corrected chi connectivity index (χ2v) is 6.61. The Morgan fingerprint density at radius 2 is 1.46 bits per heavy atom. The van der Waals surface area contributed by atoms with Crippen molar-refractivity contribution in [3.05, 3.63) is 0 Å². The van der Waals surface area contributed by atoms with Crippen LogP contribution in [0.5, 0.6) is 0 Å². The molecule has 0 unspecified atom stereocenters. The molecule has 1 fully saturated rings. The molecule has 0 aromatic carbocycles. The normalized spacial score (nSPS) is 23.6. The summed E-state index contributed by atoms with van der Waals surface area (Å²) in [5, 5.41) is 0. The summed E-state index contributed by atoms with van der Waals surface area (Å²) in [6.45, 7) is 7.72. The van der Waals surface area contributed by atoms with E-state index in [-0.39, 0.29) is 13.0 Å². The summed E-state index contributed by atoms with van der Waals surface area (Å²) >= 11 is 0. The fourth-order valence-corrected chi connectivity index (χ4v) is 2.58. The smallest absolute Gasteiger partial charge is 0.152 e. The third kappa shape index (κ3) is 3.65. The molecule has 80 valence electrons. The summed E-state index contributed by atoms with van der Waals surface area (Å²) in [7, 11) is -2.72. The lowest BCUT2D eigenvalue weighted by Gasteiger charge is -2.37. The highest BCUT2D eigenvalue weighted by Gasteiger charge is 2.28. The summed E-state index contributed by atoms with van der Waals surface area (Å²) in [5.74, 6) is 0.647. The van der Waals surface area contributed by atoms with Crippen LogP contribution in [0, 0.1) is 0 Å². The van der Waals surface area contributed by atoms with Crippen molar-refractivity contribution in [1.29, 1.82) is 0 Å². The molecule has 1 aliphatic rings. The molecule has 1 heterocycles. The van der Waals surface area contributed by atoms with Gasteiger partial charge in [0.1, 0.15) is 0 Å². The van der Waals surface area contributed by atoms with Gasteiger partial charge in [0, 0.05) is 18.6 Å². The molecule has 0 atom stereocenters. The topological polar surface area (TPSA) is 37.4 Å². The predicted molar refractivity (Wildman–Crippen MR) is 56.7 cm³/mol. The molecule has 0 N–H and O–H groups in total. The molecule has 0 aromatic heterocycles. The standard InChI is InChI=1S/C8H17NO2S.CH4/c1-8(2,3)9-4-6-12(10,11)7-5-9;/h4-7H2,1-3H3;1H4. The molecule has 13 heavy (non-hydrogen) atoms. The third-order valence-electron chi connectivity index (χ3n) is 2.29. The largest absolute Gasteiger partial charge is 0.296 e. The van der Waals surface area contributed by atoms with Gasteiger partial charge in [-0.05, 0) is 20.8 Å². The second-order valence-electron chi connectivity index (χ2n) is 4.31.